The Labute approximate surface area is 171 Å². The molecule has 4 nitrogen and oxygen atoms in total. The van der Waals surface area contributed by atoms with Gasteiger partial charge in [0, 0.05) is 17.1 Å². The smallest absolute Gasteiger partial charge is 0.322 e. The molecule has 0 unspecified atom stereocenters. The Balaban J connectivity index is 1.35. The third-order valence-corrected chi connectivity index (χ3v) is 7.09. The Kier molecular flexibility index (Phi) is 6.02. The minimum atomic E-state index is -0.0245. The van der Waals surface area contributed by atoms with E-state index < -0.39 is 0 Å². The van der Waals surface area contributed by atoms with Gasteiger partial charge in [0.05, 0.1) is 18.8 Å². The maximum atomic E-state index is 12.8. The Morgan fingerprint density at radius 1 is 1.29 bits per heavy atom. The summed E-state index contributed by atoms with van der Waals surface area (Å²) in [5, 5.41) is 5.21. The molecule has 1 saturated carbocycles. The monoisotopic (exact) mass is 398 g/mol. The van der Waals surface area contributed by atoms with Gasteiger partial charge < -0.3 is 15.0 Å². The Hall–Kier alpha value is -1.85. The number of anilines is 1. The van der Waals surface area contributed by atoms with E-state index in [1.54, 1.807) is 11.3 Å². The van der Waals surface area contributed by atoms with Crippen molar-refractivity contribution >= 4 is 23.1 Å². The number of rotatable bonds is 4. The van der Waals surface area contributed by atoms with Gasteiger partial charge in [-0.1, -0.05) is 31.9 Å². The van der Waals surface area contributed by atoms with Crippen LogP contribution in [0, 0.1) is 5.92 Å². The van der Waals surface area contributed by atoms with Crippen LogP contribution in [0.3, 0.4) is 0 Å². The summed E-state index contributed by atoms with van der Waals surface area (Å²) in [6, 6.07) is 10.3. The predicted molar refractivity (Wildman–Crippen MR) is 115 cm³/mol. The molecule has 1 fully saturated rings. The van der Waals surface area contributed by atoms with Crippen molar-refractivity contribution in [1.29, 1.82) is 0 Å². The van der Waals surface area contributed by atoms with E-state index in [0.29, 0.717) is 12.7 Å². The third-order valence-electron chi connectivity index (χ3n) is 6.09. The van der Waals surface area contributed by atoms with E-state index in [1.165, 1.54) is 23.3 Å². The average molecular weight is 399 g/mol. The van der Waals surface area contributed by atoms with Gasteiger partial charge in [-0.05, 0) is 66.8 Å². The highest BCUT2D eigenvalue weighted by molar-refractivity contribution is 7.10. The number of fused-ring (bicyclic) bond motifs is 1. The molecule has 1 aliphatic heterocycles. The molecule has 4 rings (SSSR count). The van der Waals surface area contributed by atoms with Gasteiger partial charge in [-0.2, -0.15) is 0 Å². The molecule has 28 heavy (non-hydrogen) atoms. The van der Waals surface area contributed by atoms with E-state index in [4.69, 9.17) is 4.74 Å². The van der Waals surface area contributed by atoms with Crippen LogP contribution in [0.1, 0.15) is 61.6 Å². The van der Waals surface area contributed by atoms with Gasteiger partial charge in [-0.25, -0.2) is 4.79 Å². The van der Waals surface area contributed by atoms with Crippen LogP contribution in [0.4, 0.5) is 10.5 Å². The highest BCUT2D eigenvalue weighted by atomic mass is 32.1. The highest BCUT2D eigenvalue weighted by Gasteiger charge is 2.28. The van der Waals surface area contributed by atoms with Crippen LogP contribution in [-0.2, 0) is 17.8 Å². The second-order valence-corrected chi connectivity index (χ2v) is 9.25. The van der Waals surface area contributed by atoms with E-state index >= 15 is 0 Å². The summed E-state index contributed by atoms with van der Waals surface area (Å²) in [4.78, 5) is 16.2. The van der Waals surface area contributed by atoms with Crippen molar-refractivity contribution in [2.24, 2.45) is 5.92 Å². The van der Waals surface area contributed by atoms with Crippen molar-refractivity contribution in [3.8, 4) is 0 Å². The molecule has 0 radical (unpaired) electrons. The summed E-state index contributed by atoms with van der Waals surface area (Å²) in [7, 11) is 0. The summed E-state index contributed by atoms with van der Waals surface area (Å²) < 4.78 is 6.14. The van der Waals surface area contributed by atoms with Crippen molar-refractivity contribution < 1.29 is 9.53 Å². The SMILES string of the molecule is C[C@@H]1CCC[C@@H](OCc2cccc(NC(=O)N3CCc4sccc4[C@H]3C)c2)C1. The van der Waals surface area contributed by atoms with Gasteiger partial charge in [0.1, 0.15) is 0 Å². The van der Waals surface area contributed by atoms with Gasteiger partial charge in [0.25, 0.3) is 0 Å². The van der Waals surface area contributed by atoms with Crippen molar-refractivity contribution in [3.05, 3.63) is 51.7 Å². The van der Waals surface area contributed by atoms with Crippen LogP contribution in [0.5, 0.6) is 0 Å². The summed E-state index contributed by atoms with van der Waals surface area (Å²) >= 11 is 1.79. The molecular weight excluding hydrogens is 368 g/mol. The van der Waals surface area contributed by atoms with Crippen molar-refractivity contribution in [1.82, 2.24) is 4.90 Å². The molecule has 150 valence electrons. The molecule has 1 N–H and O–H groups in total. The lowest BCUT2D eigenvalue weighted by atomic mass is 9.89. The van der Waals surface area contributed by atoms with Gasteiger partial charge >= 0.3 is 6.03 Å². The van der Waals surface area contributed by atoms with Crippen LogP contribution < -0.4 is 5.32 Å². The number of nitrogens with zero attached hydrogens (tertiary/aromatic N) is 1. The fourth-order valence-electron chi connectivity index (χ4n) is 4.46. The molecule has 1 aromatic heterocycles. The number of ether oxygens (including phenoxy) is 1. The summed E-state index contributed by atoms with van der Waals surface area (Å²) in [5.41, 5.74) is 3.24. The number of hydrogen-bond acceptors (Lipinski definition) is 3. The molecule has 0 bridgehead atoms. The first kappa shape index (κ1) is 19.5. The van der Waals surface area contributed by atoms with E-state index in [9.17, 15) is 4.79 Å². The van der Waals surface area contributed by atoms with E-state index in [1.807, 2.05) is 23.1 Å². The quantitative estimate of drug-likeness (QED) is 0.687. The zero-order valence-corrected chi connectivity index (χ0v) is 17.6. The molecule has 1 aromatic carbocycles. The fraction of sp³-hybridized carbons (Fsp3) is 0.522. The topological polar surface area (TPSA) is 41.6 Å². The molecule has 2 aliphatic rings. The van der Waals surface area contributed by atoms with Crippen molar-refractivity contribution in [2.75, 3.05) is 11.9 Å². The number of urea groups is 1. The molecule has 2 heterocycles. The number of nitrogens with one attached hydrogen (secondary N) is 1. The van der Waals surface area contributed by atoms with Crippen LogP contribution in [0.2, 0.25) is 0 Å². The number of amides is 2. The maximum Gasteiger partial charge on any atom is 0.322 e. The van der Waals surface area contributed by atoms with Crippen LogP contribution >= 0.6 is 11.3 Å². The number of carbonyl (C=O) groups excluding carboxylic acids is 1. The lowest BCUT2D eigenvalue weighted by Crippen LogP contribution is -2.40. The minimum Gasteiger partial charge on any atom is -0.374 e. The first-order valence-corrected chi connectivity index (χ1v) is 11.3. The van der Waals surface area contributed by atoms with Gasteiger partial charge in [-0.3, -0.25) is 0 Å². The largest absolute Gasteiger partial charge is 0.374 e. The Morgan fingerprint density at radius 2 is 2.18 bits per heavy atom. The lowest BCUT2D eigenvalue weighted by molar-refractivity contribution is 0.00468. The number of hydrogen-bond donors (Lipinski definition) is 1. The lowest BCUT2D eigenvalue weighted by Gasteiger charge is -2.33. The van der Waals surface area contributed by atoms with Gasteiger partial charge in [-0.15, -0.1) is 11.3 Å². The molecule has 0 saturated heterocycles. The normalized spacial score (nSPS) is 24.6. The third kappa shape index (κ3) is 4.41. The van der Waals surface area contributed by atoms with E-state index in [-0.39, 0.29) is 12.1 Å². The first-order chi connectivity index (χ1) is 13.6. The zero-order chi connectivity index (χ0) is 19.5. The van der Waals surface area contributed by atoms with Crippen molar-refractivity contribution in [2.45, 2.75) is 64.7 Å². The van der Waals surface area contributed by atoms with Gasteiger partial charge in [0.2, 0.25) is 0 Å². The average Bonchev–Trinajstić information content (AvgIpc) is 3.17. The maximum absolute atomic E-state index is 12.8. The zero-order valence-electron chi connectivity index (χ0n) is 16.8. The highest BCUT2D eigenvalue weighted by Crippen LogP contribution is 2.33. The van der Waals surface area contributed by atoms with E-state index in [0.717, 1.165) is 43.0 Å². The molecule has 3 atom stereocenters. The standard InChI is InChI=1S/C23H30N2O2S/c1-16-5-3-8-20(13-16)27-15-18-6-4-7-19(14-18)24-23(26)25-11-9-22-21(17(25)2)10-12-28-22/h4,6-7,10,12,14,16-17,20H,3,5,8-9,11,13,15H2,1-2H3,(H,24,26)/t16-,17-,20-/m1/s1. The molecule has 1 aliphatic carbocycles. The molecule has 0 spiro atoms. The van der Waals surface area contributed by atoms with E-state index in [2.05, 4.69) is 36.7 Å². The number of thiophene rings is 1. The summed E-state index contributed by atoms with van der Waals surface area (Å²) in [6.45, 7) is 5.80. The van der Waals surface area contributed by atoms with Gasteiger partial charge in [0.15, 0.2) is 0 Å². The predicted octanol–water partition coefficient (Wildman–Crippen LogP) is 5.99. The molecule has 5 heteroatoms. The van der Waals surface area contributed by atoms with Crippen LogP contribution in [-0.4, -0.2) is 23.6 Å². The first-order valence-electron chi connectivity index (χ1n) is 10.4. The minimum absolute atomic E-state index is 0.0245. The molecular formula is C23H30N2O2S. The fourth-order valence-corrected chi connectivity index (χ4v) is 5.43. The molecule has 2 aromatic rings. The molecule has 2 amide bonds. The Morgan fingerprint density at radius 3 is 3.04 bits per heavy atom. The second kappa shape index (κ2) is 8.66. The summed E-state index contributed by atoms with van der Waals surface area (Å²) in [5.74, 6) is 0.764. The van der Waals surface area contributed by atoms with Crippen molar-refractivity contribution in [3.63, 3.8) is 0 Å². The number of carbonyl (C=O) groups is 1. The number of benzene rings is 1. The van der Waals surface area contributed by atoms with Crippen LogP contribution in [0.25, 0.3) is 0 Å². The van der Waals surface area contributed by atoms with Crippen LogP contribution in [0.15, 0.2) is 35.7 Å². The Bertz CT molecular complexity index is 818. The second-order valence-electron chi connectivity index (χ2n) is 8.25. The summed E-state index contributed by atoms with van der Waals surface area (Å²) in [6.07, 6.45) is 6.23.